The summed E-state index contributed by atoms with van der Waals surface area (Å²) in [6, 6.07) is 4.48. The highest BCUT2D eigenvalue weighted by molar-refractivity contribution is 6.35. The molecule has 0 aliphatic carbocycles. The smallest absolute Gasteiger partial charge is 0.422 e. The highest BCUT2D eigenvalue weighted by atomic mass is 35.5. The summed E-state index contributed by atoms with van der Waals surface area (Å²) in [4.78, 5) is 24.5. The lowest BCUT2D eigenvalue weighted by atomic mass is 10.1. The van der Waals surface area contributed by atoms with Gasteiger partial charge in [0.05, 0.1) is 5.69 Å². The largest absolute Gasteiger partial charge is 0.433 e. The van der Waals surface area contributed by atoms with Crippen molar-refractivity contribution in [2.45, 2.75) is 19.4 Å². The first kappa shape index (κ1) is 12.2. The molecule has 90 valence electrons. The van der Waals surface area contributed by atoms with Gasteiger partial charge in [-0.2, -0.15) is 0 Å². The summed E-state index contributed by atoms with van der Waals surface area (Å²) in [5.41, 5.74) is -0.852. The zero-order valence-electron chi connectivity index (χ0n) is 9.16. The molecule has 0 bridgehead atoms. The van der Waals surface area contributed by atoms with E-state index >= 15 is 0 Å². The van der Waals surface area contributed by atoms with Crippen LogP contribution in [0, 0.1) is 0 Å². The lowest BCUT2D eigenvalue weighted by Crippen LogP contribution is -2.36. The number of amides is 2. The molecule has 1 aromatic rings. The predicted molar refractivity (Wildman–Crippen MR) is 64.5 cm³/mol. The Kier molecular flexibility index (Phi) is 2.79. The number of hydrogen-bond acceptors (Lipinski definition) is 3. The topological polar surface area (TPSA) is 46.6 Å². The molecule has 0 atom stereocenters. The fourth-order valence-electron chi connectivity index (χ4n) is 1.55. The Morgan fingerprint density at radius 2 is 1.65 bits per heavy atom. The van der Waals surface area contributed by atoms with Crippen LogP contribution in [0.4, 0.5) is 10.5 Å². The molecule has 0 saturated carbocycles. The van der Waals surface area contributed by atoms with Gasteiger partial charge in [0, 0.05) is 10.0 Å². The molecule has 1 aliphatic rings. The number of carbonyl (C=O) groups is 2. The summed E-state index contributed by atoms with van der Waals surface area (Å²) in [5.74, 6) is -0.444. The summed E-state index contributed by atoms with van der Waals surface area (Å²) in [6.07, 6.45) is -0.724. The maximum absolute atomic E-state index is 12.0. The first-order valence-electron chi connectivity index (χ1n) is 4.85. The molecule has 17 heavy (non-hydrogen) atoms. The van der Waals surface area contributed by atoms with Gasteiger partial charge in [-0.15, -0.1) is 0 Å². The van der Waals surface area contributed by atoms with Gasteiger partial charge in [-0.1, -0.05) is 23.2 Å². The summed E-state index contributed by atoms with van der Waals surface area (Å²) in [5, 5.41) is 0.690. The fraction of sp³-hybridized carbons (Fsp3) is 0.273. The number of ether oxygens (including phenoxy) is 1. The van der Waals surface area contributed by atoms with Crippen molar-refractivity contribution >= 4 is 40.9 Å². The number of benzene rings is 1. The van der Waals surface area contributed by atoms with Gasteiger partial charge in [-0.25, -0.2) is 9.69 Å². The third-order valence-corrected chi connectivity index (χ3v) is 2.79. The molecule has 0 spiro atoms. The molecule has 1 aliphatic heterocycles. The van der Waals surface area contributed by atoms with E-state index in [0.29, 0.717) is 15.7 Å². The number of carbonyl (C=O) groups excluding carboxylic acids is 2. The number of halogens is 2. The minimum absolute atomic E-state index is 0.308. The maximum atomic E-state index is 12.0. The van der Waals surface area contributed by atoms with Crippen LogP contribution >= 0.6 is 23.2 Å². The van der Waals surface area contributed by atoms with Crippen molar-refractivity contribution in [3.8, 4) is 0 Å². The van der Waals surface area contributed by atoms with E-state index in [1.807, 2.05) is 0 Å². The van der Waals surface area contributed by atoms with Crippen LogP contribution in [0.5, 0.6) is 0 Å². The second-order valence-electron chi connectivity index (χ2n) is 4.15. The molecule has 0 aromatic heterocycles. The zero-order chi connectivity index (χ0) is 12.8. The average molecular weight is 274 g/mol. The molecule has 0 unspecified atom stereocenters. The van der Waals surface area contributed by atoms with E-state index in [4.69, 9.17) is 27.9 Å². The van der Waals surface area contributed by atoms with Gasteiger partial charge in [0.25, 0.3) is 5.91 Å². The van der Waals surface area contributed by atoms with Gasteiger partial charge >= 0.3 is 6.09 Å². The van der Waals surface area contributed by atoms with E-state index in [1.165, 1.54) is 32.0 Å². The molecule has 2 rings (SSSR count). The van der Waals surface area contributed by atoms with Crippen molar-refractivity contribution in [1.29, 1.82) is 0 Å². The Balaban J connectivity index is 2.47. The Labute approximate surface area is 108 Å². The highest BCUT2D eigenvalue weighted by Gasteiger charge is 2.47. The predicted octanol–water partition coefficient (Wildman–Crippen LogP) is 3.26. The maximum Gasteiger partial charge on any atom is 0.422 e. The number of hydrogen-bond donors (Lipinski definition) is 0. The molecular formula is C11H9Cl2NO3. The van der Waals surface area contributed by atoms with Gasteiger partial charge in [0.2, 0.25) is 0 Å². The van der Waals surface area contributed by atoms with Crippen molar-refractivity contribution in [2.24, 2.45) is 0 Å². The third-order valence-electron chi connectivity index (χ3n) is 2.35. The van der Waals surface area contributed by atoms with Crippen LogP contribution in [0.2, 0.25) is 10.0 Å². The van der Waals surface area contributed by atoms with Crippen LogP contribution in [0.15, 0.2) is 18.2 Å². The Morgan fingerprint density at radius 3 is 2.06 bits per heavy atom. The number of imide groups is 1. The van der Waals surface area contributed by atoms with Gasteiger partial charge in [-0.3, -0.25) is 4.79 Å². The van der Waals surface area contributed by atoms with Crippen LogP contribution in [-0.4, -0.2) is 17.6 Å². The lowest BCUT2D eigenvalue weighted by Gasteiger charge is -2.14. The van der Waals surface area contributed by atoms with Crippen molar-refractivity contribution in [2.75, 3.05) is 4.90 Å². The molecule has 0 radical (unpaired) electrons. The molecule has 1 saturated heterocycles. The van der Waals surface area contributed by atoms with Crippen molar-refractivity contribution in [1.82, 2.24) is 0 Å². The molecule has 1 aromatic carbocycles. The van der Waals surface area contributed by atoms with E-state index in [9.17, 15) is 9.59 Å². The first-order valence-corrected chi connectivity index (χ1v) is 5.60. The lowest BCUT2D eigenvalue weighted by molar-refractivity contribution is -0.127. The minimum Gasteiger partial charge on any atom is -0.433 e. The van der Waals surface area contributed by atoms with Crippen LogP contribution in [-0.2, 0) is 9.53 Å². The van der Waals surface area contributed by atoms with Crippen LogP contribution in [0.3, 0.4) is 0 Å². The summed E-state index contributed by atoms with van der Waals surface area (Å²) in [7, 11) is 0. The molecular weight excluding hydrogens is 265 g/mol. The zero-order valence-corrected chi connectivity index (χ0v) is 10.7. The Bertz CT molecular complexity index is 493. The summed E-state index contributed by atoms with van der Waals surface area (Å²) < 4.78 is 4.96. The minimum atomic E-state index is -1.16. The van der Waals surface area contributed by atoms with Crippen LogP contribution in [0.25, 0.3) is 0 Å². The number of rotatable bonds is 1. The number of nitrogens with zero attached hydrogens (tertiary/aromatic N) is 1. The second-order valence-corrected chi connectivity index (χ2v) is 5.02. The Morgan fingerprint density at radius 1 is 1.12 bits per heavy atom. The second kappa shape index (κ2) is 3.89. The van der Waals surface area contributed by atoms with Crippen molar-refractivity contribution < 1.29 is 14.3 Å². The van der Waals surface area contributed by atoms with E-state index in [2.05, 4.69) is 0 Å². The fourth-order valence-corrected chi connectivity index (χ4v) is 2.07. The van der Waals surface area contributed by atoms with E-state index < -0.39 is 17.6 Å². The normalized spacial score (nSPS) is 18.5. The third kappa shape index (κ3) is 2.10. The Hall–Kier alpha value is -1.26. The van der Waals surface area contributed by atoms with E-state index in [1.54, 1.807) is 0 Å². The highest BCUT2D eigenvalue weighted by Crippen LogP contribution is 2.32. The van der Waals surface area contributed by atoms with Crippen LogP contribution in [0.1, 0.15) is 13.8 Å². The van der Waals surface area contributed by atoms with Crippen molar-refractivity contribution in [3.05, 3.63) is 28.2 Å². The monoisotopic (exact) mass is 273 g/mol. The van der Waals surface area contributed by atoms with E-state index in [-0.39, 0.29) is 0 Å². The molecule has 4 nitrogen and oxygen atoms in total. The number of cyclic esters (lactones) is 1. The molecule has 6 heteroatoms. The SMILES string of the molecule is CC1(C)OC(=O)N(c2cc(Cl)cc(Cl)c2)C1=O. The quantitative estimate of drug-likeness (QED) is 0.789. The molecule has 1 heterocycles. The van der Waals surface area contributed by atoms with Crippen LogP contribution < -0.4 is 4.90 Å². The average Bonchev–Trinajstić information content (AvgIpc) is 2.34. The van der Waals surface area contributed by atoms with Gasteiger partial charge in [-0.05, 0) is 32.0 Å². The van der Waals surface area contributed by atoms with E-state index in [0.717, 1.165) is 4.90 Å². The summed E-state index contributed by atoms with van der Waals surface area (Å²) >= 11 is 11.6. The standard InChI is InChI=1S/C11H9Cl2NO3/c1-11(2)9(15)14(10(16)17-11)8-4-6(12)3-7(13)5-8/h3-5H,1-2H3. The van der Waals surface area contributed by atoms with Gasteiger partial charge in [0.15, 0.2) is 5.60 Å². The van der Waals surface area contributed by atoms with Crippen molar-refractivity contribution in [3.63, 3.8) is 0 Å². The van der Waals surface area contributed by atoms with Gasteiger partial charge in [0.1, 0.15) is 0 Å². The van der Waals surface area contributed by atoms with Gasteiger partial charge < -0.3 is 4.74 Å². The summed E-state index contributed by atoms with van der Waals surface area (Å²) in [6.45, 7) is 3.05. The molecule has 1 fully saturated rings. The molecule has 0 N–H and O–H groups in total. The first-order chi connectivity index (χ1) is 7.81. The molecule has 2 amide bonds. The number of anilines is 1.